The Labute approximate surface area is 230 Å². The number of nitrogens with zero attached hydrogens (tertiary/aromatic N) is 2. The Bertz CT molecular complexity index is 1320. The molecule has 39 heavy (non-hydrogen) atoms. The minimum absolute atomic E-state index is 0.000634. The number of hydrogen-bond acceptors (Lipinski definition) is 9. The zero-order valence-corrected chi connectivity index (χ0v) is 24.7. The normalized spacial score (nSPS) is 23.9. The highest BCUT2D eigenvalue weighted by Crippen LogP contribution is 2.58. The Kier molecular flexibility index (Phi) is 7.09. The van der Waals surface area contributed by atoms with Crippen molar-refractivity contribution in [2.75, 3.05) is 56.3 Å². The minimum atomic E-state index is -0.472. The zero-order valence-electron chi connectivity index (χ0n) is 24.7. The van der Waals surface area contributed by atoms with Gasteiger partial charge in [-0.15, -0.1) is 0 Å². The van der Waals surface area contributed by atoms with E-state index < -0.39 is 6.04 Å². The summed E-state index contributed by atoms with van der Waals surface area (Å²) >= 11 is 0. The van der Waals surface area contributed by atoms with E-state index in [1.165, 1.54) is 0 Å². The SMILES string of the molecule is CC[C@H]1c2c(OC)c(OC)c(C)c(OC)c2C(=O)C2C3c4c(c(OC)c(C)c(OC)c4OC)CC(CN21)N3C. The fraction of sp³-hybridized carbons (Fsp3) is 0.567. The summed E-state index contributed by atoms with van der Waals surface area (Å²) in [5.41, 5.74) is 5.10. The number of methoxy groups -OCH3 is 6. The Hall–Kier alpha value is -3.17. The molecule has 0 aliphatic carbocycles. The van der Waals surface area contributed by atoms with E-state index in [9.17, 15) is 4.79 Å². The van der Waals surface area contributed by atoms with Gasteiger partial charge in [-0.1, -0.05) is 6.92 Å². The fourth-order valence-corrected chi connectivity index (χ4v) is 7.50. The van der Waals surface area contributed by atoms with Crippen LogP contribution in [0.25, 0.3) is 0 Å². The summed E-state index contributed by atoms with van der Waals surface area (Å²) in [6, 6.07) is -0.644. The lowest BCUT2D eigenvalue weighted by Gasteiger charge is -2.57. The molecule has 9 nitrogen and oxygen atoms in total. The lowest BCUT2D eigenvalue weighted by atomic mass is 9.72. The van der Waals surface area contributed by atoms with Gasteiger partial charge in [-0.2, -0.15) is 0 Å². The van der Waals surface area contributed by atoms with Crippen LogP contribution in [-0.2, 0) is 6.42 Å². The van der Waals surface area contributed by atoms with Crippen molar-refractivity contribution in [2.45, 2.75) is 57.8 Å². The van der Waals surface area contributed by atoms with Crippen LogP contribution in [0.4, 0.5) is 0 Å². The molecule has 212 valence electrons. The standard InChI is InChI=1S/C30H40N2O7/c1-11-18-20-21(26(35-6)15(3)28(37-8)30(20)39-10)24(33)23-22-19-17(12-16(31(22)4)13-32(18)23)25(34-5)14(2)27(36-7)29(19)38-9/h16,18,22-23H,11-13H2,1-10H3/t16?,18-,22?,23?/m0/s1. The fourth-order valence-electron chi connectivity index (χ4n) is 7.50. The molecule has 4 atom stereocenters. The van der Waals surface area contributed by atoms with Gasteiger partial charge in [-0.3, -0.25) is 14.6 Å². The number of benzene rings is 2. The van der Waals surface area contributed by atoms with Crippen LogP contribution in [0.15, 0.2) is 0 Å². The number of ketones is 1. The molecule has 0 amide bonds. The van der Waals surface area contributed by atoms with Crippen molar-refractivity contribution in [3.63, 3.8) is 0 Å². The second-order valence-electron chi connectivity index (χ2n) is 10.5. The Morgan fingerprint density at radius 3 is 1.74 bits per heavy atom. The molecule has 2 aromatic rings. The first kappa shape index (κ1) is 27.4. The van der Waals surface area contributed by atoms with Crippen molar-refractivity contribution in [2.24, 2.45) is 0 Å². The second kappa shape index (κ2) is 10.1. The number of ether oxygens (including phenoxy) is 6. The van der Waals surface area contributed by atoms with Gasteiger partial charge in [-0.05, 0) is 33.7 Å². The van der Waals surface area contributed by atoms with E-state index in [0.29, 0.717) is 34.3 Å². The number of carbonyl (C=O) groups excluding carboxylic acids is 1. The molecular formula is C30H40N2O7. The average molecular weight is 541 g/mol. The predicted molar refractivity (Wildman–Crippen MR) is 148 cm³/mol. The molecule has 0 saturated carbocycles. The first-order valence-corrected chi connectivity index (χ1v) is 13.4. The molecular weight excluding hydrogens is 500 g/mol. The van der Waals surface area contributed by atoms with E-state index in [2.05, 4.69) is 23.8 Å². The van der Waals surface area contributed by atoms with Crippen molar-refractivity contribution in [1.29, 1.82) is 0 Å². The molecule has 3 aliphatic heterocycles. The summed E-state index contributed by atoms with van der Waals surface area (Å²) in [5, 5.41) is 0. The van der Waals surface area contributed by atoms with Crippen molar-refractivity contribution in [1.82, 2.24) is 9.80 Å². The highest BCUT2D eigenvalue weighted by atomic mass is 16.5. The largest absolute Gasteiger partial charge is 0.496 e. The van der Waals surface area contributed by atoms with Crippen LogP contribution >= 0.6 is 0 Å². The lowest BCUT2D eigenvalue weighted by Crippen LogP contribution is -2.65. The first-order chi connectivity index (χ1) is 18.7. The van der Waals surface area contributed by atoms with E-state index in [-0.39, 0.29) is 23.9 Å². The molecule has 3 aliphatic rings. The maximum absolute atomic E-state index is 14.8. The third kappa shape index (κ3) is 3.55. The van der Waals surface area contributed by atoms with Gasteiger partial charge in [0.2, 0.25) is 0 Å². The zero-order chi connectivity index (χ0) is 28.3. The highest BCUT2D eigenvalue weighted by molar-refractivity contribution is 6.07. The number of carbonyl (C=O) groups is 1. The van der Waals surface area contributed by atoms with Crippen LogP contribution in [0.2, 0.25) is 0 Å². The van der Waals surface area contributed by atoms with Crippen LogP contribution < -0.4 is 28.4 Å². The molecule has 1 fully saturated rings. The van der Waals surface area contributed by atoms with E-state index in [1.807, 2.05) is 13.8 Å². The van der Waals surface area contributed by atoms with E-state index in [1.54, 1.807) is 42.7 Å². The van der Waals surface area contributed by atoms with Gasteiger partial charge >= 0.3 is 0 Å². The lowest BCUT2D eigenvalue weighted by molar-refractivity contribution is -0.0370. The van der Waals surface area contributed by atoms with Gasteiger partial charge < -0.3 is 28.4 Å². The van der Waals surface area contributed by atoms with E-state index in [0.717, 1.165) is 53.0 Å². The Morgan fingerprint density at radius 1 is 0.718 bits per heavy atom. The van der Waals surface area contributed by atoms with E-state index in [4.69, 9.17) is 28.4 Å². The second-order valence-corrected chi connectivity index (χ2v) is 10.5. The molecule has 0 spiro atoms. The molecule has 9 heteroatoms. The first-order valence-electron chi connectivity index (χ1n) is 13.4. The molecule has 2 bridgehead atoms. The number of Topliss-reactive ketones (excluding diaryl/α,β-unsaturated/α-hetero) is 1. The third-order valence-corrected chi connectivity index (χ3v) is 9.05. The quantitative estimate of drug-likeness (QED) is 0.511. The Balaban J connectivity index is 1.84. The van der Waals surface area contributed by atoms with Gasteiger partial charge in [0.25, 0.3) is 0 Å². The topological polar surface area (TPSA) is 78.9 Å². The predicted octanol–water partition coefficient (Wildman–Crippen LogP) is 4.28. The summed E-state index contributed by atoms with van der Waals surface area (Å²) in [7, 11) is 12.0. The minimum Gasteiger partial charge on any atom is -0.496 e. The summed E-state index contributed by atoms with van der Waals surface area (Å²) in [6.07, 6.45) is 1.56. The molecule has 3 heterocycles. The smallest absolute Gasteiger partial charge is 0.186 e. The summed E-state index contributed by atoms with van der Waals surface area (Å²) < 4.78 is 35.4. The van der Waals surface area contributed by atoms with Crippen LogP contribution in [0, 0.1) is 13.8 Å². The van der Waals surface area contributed by atoms with Crippen molar-refractivity contribution in [3.8, 4) is 34.5 Å². The van der Waals surface area contributed by atoms with Gasteiger partial charge in [0.15, 0.2) is 28.8 Å². The maximum atomic E-state index is 14.8. The number of piperazine rings is 1. The van der Waals surface area contributed by atoms with Crippen molar-refractivity contribution >= 4 is 5.78 Å². The van der Waals surface area contributed by atoms with Gasteiger partial charge in [-0.25, -0.2) is 0 Å². The highest BCUT2D eigenvalue weighted by Gasteiger charge is 2.56. The van der Waals surface area contributed by atoms with Crippen LogP contribution in [0.5, 0.6) is 34.5 Å². The summed E-state index contributed by atoms with van der Waals surface area (Å²) in [6.45, 7) is 6.77. The number of rotatable bonds is 7. The van der Waals surface area contributed by atoms with E-state index >= 15 is 0 Å². The van der Waals surface area contributed by atoms with Crippen LogP contribution in [0.1, 0.15) is 63.6 Å². The summed E-state index contributed by atoms with van der Waals surface area (Å²) in [5.74, 6) is 3.83. The van der Waals surface area contributed by atoms with Gasteiger partial charge in [0.05, 0.1) is 60.3 Å². The van der Waals surface area contributed by atoms with Gasteiger partial charge in [0.1, 0.15) is 11.5 Å². The number of likely N-dealkylation sites (N-methyl/N-ethyl adjacent to an activating group) is 1. The summed E-state index contributed by atoms with van der Waals surface area (Å²) in [4.78, 5) is 19.5. The molecule has 1 saturated heterocycles. The molecule has 5 rings (SSSR count). The molecule has 2 aromatic carbocycles. The van der Waals surface area contributed by atoms with Crippen LogP contribution in [0.3, 0.4) is 0 Å². The molecule has 0 aromatic heterocycles. The average Bonchev–Trinajstić information content (AvgIpc) is 2.92. The van der Waals surface area contributed by atoms with Crippen molar-refractivity contribution in [3.05, 3.63) is 33.4 Å². The Morgan fingerprint density at radius 2 is 1.23 bits per heavy atom. The van der Waals surface area contributed by atoms with Crippen LogP contribution in [-0.4, -0.2) is 83.9 Å². The maximum Gasteiger partial charge on any atom is 0.186 e. The third-order valence-electron chi connectivity index (χ3n) is 9.05. The molecule has 3 unspecified atom stereocenters. The monoisotopic (exact) mass is 540 g/mol. The molecule has 0 radical (unpaired) electrons. The molecule has 0 N–H and O–H groups in total. The van der Waals surface area contributed by atoms with Gasteiger partial charge in [0, 0.05) is 46.4 Å². The van der Waals surface area contributed by atoms with Crippen molar-refractivity contribution < 1.29 is 33.2 Å². The number of hydrogen-bond donors (Lipinski definition) is 0. The number of fused-ring (bicyclic) bond motifs is 7.